The predicted molar refractivity (Wildman–Crippen MR) is 67.9 cm³/mol. The lowest BCUT2D eigenvalue weighted by molar-refractivity contribution is -0.131. The number of carbonyl (C=O) groups excluding carboxylic acids is 2. The zero-order valence-electron chi connectivity index (χ0n) is 10.3. The molecule has 1 heterocycles. The third-order valence-corrected chi connectivity index (χ3v) is 3.25. The van der Waals surface area contributed by atoms with Crippen LogP contribution >= 0.6 is 11.6 Å². The topological polar surface area (TPSA) is 73.2 Å². The number of halogens is 1. The van der Waals surface area contributed by atoms with Gasteiger partial charge in [0.1, 0.15) is 6.42 Å². The van der Waals surface area contributed by atoms with Gasteiger partial charge in [0, 0.05) is 31.4 Å². The normalized spacial score (nSPS) is 16.1. The molecule has 0 aromatic heterocycles. The molecule has 1 rings (SSSR count). The Morgan fingerprint density at radius 1 is 1.39 bits per heavy atom. The van der Waals surface area contributed by atoms with Gasteiger partial charge in [-0.05, 0) is 19.3 Å². The van der Waals surface area contributed by atoms with E-state index >= 15 is 0 Å². The van der Waals surface area contributed by atoms with E-state index < -0.39 is 0 Å². The van der Waals surface area contributed by atoms with Crippen molar-refractivity contribution in [3.05, 3.63) is 0 Å². The highest BCUT2D eigenvalue weighted by molar-refractivity contribution is 6.17. The van der Waals surface area contributed by atoms with Gasteiger partial charge in [0.15, 0.2) is 0 Å². The van der Waals surface area contributed by atoms with E-state index in [0.717, 1.165) is 12.8 Å². The highest BCUT2D eigenvalue weighted by Crippen LogP contribution is 2.11. The Kier molecular flexibility index (Phi) is 6.51. The third kappa shape index (κ3) is 4.92. The van der Waals surface area contributed by atoms with Crippen LogP contribution < -0.4 is 5.32 Å². The summed E-state index contributed by atoms with van der Waals surface area (Å²) in [6, 6.07) is 2.00. The Morgan fingerprint density at radius 3 is 2.61 bits per heavy atom. The van der Waals surface area contributed by atoms with Crippen LogP contribution in [0.4, 0.5) is 0 Å². The number of amides is 2. The molecule has 0 aromatic carbocycles. The fourth-order valence-corrected chi connectivity index (χ4v) is 2.11. The summed E-state index contributed by atoms with van der Waals surface area (Å²) in [6.07, 6.45) is 2.59. The zero-order chi connectivity index (χ0) is 13.4. The average Bonchev–Trinajstić information content (AvgIpc) is 2.37. The Balaban J connectivity index is 2.25. The first-order chi connectivity index (χ1) is 8.67. The highest BCUT2D eigenvalue weighted by Gasteiger charge is 2.23. The molecule has 0 aliphatic carbocycles. The first-order valence-electron chi connectivity index (χ1n) is 6.17. The van der Waals surface area contributed by atoms with Crippen LogP contribution in [0, 0.1) is 11.3 Å². The first kappa shape index (κ1) is 14.8. The molecule has 6 heteroatoms. The van der Waals surface area contributed by atoms with Crippen LogP contribution in [0.5, 0.6) is 0 Å². The van der Waals surface area contributed by atoms with Gasteiger partial charge < -0.3 is 10.2 Å². The third-order valence-electron chi connectivity index (χ3n) is 2.98. The van der Waals surface area contributed by atoms with E-state index in [-0.39, 0.29) is 24.3 Å². The zero-order valence-corrected chi connectivity index (χ0v) is 11.1. The van der Waals surface area contributed by atoms with E-state index in [1.54, 1.807) is 4.90 Å². The van der Waals surface area contributed by atoms with Gasteiger partial charge in [-0.3, -0.25) is 9.59 Å². The summed E-state index contributed by atoms with van der Waals surface area (Å²) < 4.78 is 0. The van der Waals surface area contributed by atoms with Gasteiger partial charge >= 0.3 is 0 Å². The lowest BCUT2D eigenvalue weighted by atomic mass is 10.0. The Labute approximate surface area is 112 Å². The number of nitriles is 1. The van der Waals surface area contributed by atoms with E-state index in [0.29, 0.717) is 31.8 Å². The molecular weight excluding hydrogens is 254 g/mol. The van der Waals surface area contributed by atoms with Crippen molar-refractivity contribution in [3.63, 3.8) is 0 Å². The summed E-state index contributed by atoms with van der Waals surface area (Å²) in [6.45, 7) is 1.22. The first-order valence-corrected chi connectivity index (χ1v) is 6.71. The molecule has 0 atom stereocenters. The number of hydrogen-bond acceptors (Lipinski definition) is 3. The summed E-state index contributed by atoms with van der Waals surface area (Å²) in [4.78, 5) is 24.6. The van der Waals surface area contributed by atoms with E-state index in [2.05, 4.69) is 5.32 Å². The van der Waals surface area contributed by atoms with Gasteiger partial charge in [0.25, 0.3) is 0 Å². The van der Waals surface area contributed by atoms with Crippen LogP contribution in [-0.4, -0.2) is 41.7 Å². The minimum atomic E-state index is -0.121. The standard InChI is InChI=1S/C12H18ClN3O2/c13-6-1-2-11(17)15-10-4-8-16(9-5-10)12(18)3-7-14/h10H,1-6,8-9H2,(H,15,17). The van der Waals surface area contributed by atoms with Crippen molar-refractivity contribution in [1.29, 1.82) is 5.26 Å². The van der Waals surface area contributed by atoms with E-state index in [1.807, 2.05) is 6.07 Å². The molecule has 0 bridgehead atoms. The van der Waals surface area contributed by atoms with Gasteiger partial charge in [0.2, 0.25) is 11.8 Å². The minimum absolute atomic E-state index is 0.0254. The second-order valence-electron chi connectivity index (χ2n) is 4.35. The fourth-order valence-electron chi connectivity index (χ4n) is 1.98. The van der Waals surface area contributed by atoms with Crippen LogP contribution in [0.3, 0.4) is 0 Å². The molecule has 5 nitrogen and oxygen atoms in total. The Hall–Kier alpha value is -1.28. The smallest absolute Gasteiger partial charge is 0.236 e. The maximum atomic E-state index is 11.5. The van der Waals surface area contributed by atoms with Crippen molar-refractivity contribution < 1.29 is 9.59 Å². The summed E-state index contributed by atoms with van der Waals surface area (Å²) >= 11 is 5.52. The monoisotopic (exact) mass is 271 g/mol. The van der Waals surface area contributed by atoms with Crippen molar-refractivity contribution in [2.45, 2.75) is 38.1 Å². The van der Waals surface area contributed by atoms with Crippen molar-refractivity contribution in [2.24, 2.45) is 0 Å². The second-order valence-corrected chi connectivity index (χ2v) is 4.73. The number of carbonyl (C=O) groups is 2. The molecule has 18 heavy (non-hydrogen) atoms. The van der Waals surface area contributed by atoms with Crippen molar-refractivity contribution >= 4 is 23.4 Å². The molecule has 1 saturated heterocycles. The number of nitrogens with one attached hydrogen (secondary N) is 1. The maximum Gasteiger partial charge on any atom is 0.236 e. The number of nitrogens with zero attached hydrogens (tertiary/aromatic N) is 2. The minimum Gasteiger partial charge on any atom is -0.353 e. The van der Waals surface area contributed by atoms with Gasteiger partial charge in [-0.15, -0.1) is 11.6 Å². The lowest BCUT2D eigenvalue weighted by Gasteiger charge is -2.32. The predicted octanol–water partition coefficient (Wildman–Crippen LogP) is 1.03. The SMILES string of the molecule is N#CCC(=O)N1CCC(NC(=O)CCCCl)CC1. The number of likely N-dealkylation sites (tertiary alicyclic amines) is 1. The van der Waals surface area contributed by atoms with E-state index in [9.17, 15) is 9.59 Å². The molecule has 100 valence electrons. The highest BCUT2D eigenvalue weighted by atomic mass is 35.5. The largest absolute Gasteiger partial charge is 0.353 e. The van der Waals surface area contributed by atoms with Gasteiger partial charge in [-0.1, -0.05) is 0 Å². The van der Waals surface area contributed by atoms with Gasteiger partial charge in [-0.2, -0.15) is 5.26 Å². The van der Waals surface area contributed by atoms with Gasteiger partial charge in [0.05, 0.1) is 6.07 Å². The molecule has 0 aromatic rings. The van der Waals surface area contributed by atoms with Crippen LogP contribution in [0.25, 0.3) is 0 Å². The van der Waals surface area contributed by atoms with Crippen molar-refractivity contribution in [1.82, 2.24) is 10.2 Å². The summed E-state index contributed by atoms with van der Waals surface area (Å²) in [5.74, 6) is 0.399. The lowest BCUT2D eigenvalue weighted by Crippen LogP contribution is -2.46. The van der Waals surface area contributed by atoms with E-state index in [4.69, 9.17) is 16.9 Å². The number of alkyl halides is 1. The van der Waals surface area contributed by atoms with Crippen molar-refractivity contribution in [2.75, 3.05) is 19.0 Å². The second kappa shape index (κ2) is 7.93. The summed E-state index contributed by atoms with van der Waals surface area (Å²) in [5.41, 5.74) is 0. The van der Waals surface area contributed by atoms with Gasteiger partial charge in [-0.25, -0.2) is 0 Å². The number of piperidine rings is 1. The molecular formula is C12H18ClN3O2. The van der Waals surface area contributed by atoms with Crippen LogP contribution in [-0.2, 0) is 9.59 Å². The Bertz CT molecular complexity index is 333. The maximum absolute atomic E-state index is 11.5. The molecule has 0 spiro atoms. The molecule has 0 radical (unpaired) electrons. The number of rotatable bonds is 5. The fraction of sp³-hybridized carbons (Fsp3) is 0.750. The quantitative estimate of drug-likeness (QED) is 0.759. The molecule has 1 N–H and O–H groups in total. The summed E-state index contributed by atoms with van der Waals surface area (Å²) in [7, 11) is 0. The summed E-state index contributed by atoms with van der Waals surface area (Å²) in [5, 5.41) is 11.4. The van der Waals surface area contributed by atoms with E-state index in [1.165, 1.54) is 0 Å². The number of hydrogen-bond donors (Lipinski definition) is 1. The molecule has 1 fully saturated rings. The Morgan fingerprint density at radius 2 is 2.06 bits per heavy atom. The average molecular weight is 272 g/mol. The molecule has 2 amide bonds. The van der Waals surface area contributed by atoms with Crippen LogP contribution in [0.15, 0.2) is 0 Å². The van der Waals surface area contributed by atoms with Crippen LogP contribution in [0.1, 0.15) is 32.1 Å². The molecule has 0 unspecified atom stereocenters. The molecule has 0 saturated carbocycles. The van der Waals surface area contributed by atoms with Crippen LogP contribution in [0.2, 0.25) is 0 Å². The molecule has 1 aliphatic rings. The van der Waals surface area contributed by atoms with Crippen molar-refractivity contribution in [3.8, 4) is 6.07 Å². The molecule has 1 aliphatic heterocycles.